The number of hydrazine groups is 1. The van der Waals surface area contributed by atoms with E-state index in [1.54, 1.807) is 0 Å². The molecule has 1 aliphatic rings. The molecule has 1 aliphatic carbocycles. The average molecular weight is 281 g/mol. The molecule has 0 aliphatic heterocycles. The van der Waals surface area contributed by atoms with Gasteiger partial charge in [0.05, 0.1) is 6.04 Å². The van der Waals surface area contributed by atoms with Gasteiger partial charge in [-0.05, 0) is 36.3 Å². The van der Waals surface area contributed by atoms with Gasteiger partial charge in [-0.15, -0.1) is 0 Å². The maximum atomic E-state index is 6.30. The lowest BCUT2D eigenvalue weighted by molar-refractivity contribution is 0.215. The van der Waals surface area contributed by atoms with Gasteiger partial charge in [0.1, 0.15) is 0 Å². The first-order valence-corrected chi connectivity index (χ1v) is 7.84. The highest BCUT2D eigenvalue weighted by Gasteiger charge is 2.28. The zero-order valence-electron chi connectivity index (χ0n) is 11.7. The molecule has 1 unspecified atom stereocenters. The normalized spacial score (nSPS) is 25.2. The number of hydrogen-bond donors (Lipinski definition) is 2. The Balaban J connectivity index is 2.02. The van der Waals surface area contributed by atoms with Gasteiger partial charge in [-0.3, -0.25) is 11.3 Å². The summed E-state index contributed by atoms with van der Waals surface area (Å²) in [6.07, 6.45) is 7.86. The molecular formula is C16H25ClN2. The third-order valence-electron chi connectivity index (χ3n) is 4.48. The molecule has 3 heteroatoms. The van der Waals surface area contributed by atoms with Gasteiger partial charge in [0.15, 0.2) is 0 Å². The second-order valence-corrected chi connectivity index (χ2v) is 6.14. The maximum Gasteiger partial charge on any atom is 0.0502 e. The smallest absolute Gasteiger partial charge is 0.0502 e. The predicted molar refractivity (Wildman–Crippen MR) is 81.9 cm³/mol. The minimum atomic E-state index is 0.191. The minimum Gasteiger partial charge on any atom is -0.271 e. The zero-order valence-corrected chi connectivity index (χ0v) is 12.5. The first kappa shape index (κ1) is 14.8. The van der Waals surface area contributed by atoms with Crippen LogP contribution in [-0.4, -0.2) is 0 Å². The fraction of sp³-hybridized carbons (Fsp3) is 0.625. The molecule has 0 radical (unpaired) electrons. The van der Waals surface area contributed by atoms with E-state index in [9.17, 15) is 0 Å². The van der Waals surface area contributed by atoms with Crippen molar-refractivity contribution in [3.63, 3.8) is 0 Å². The zero-order chi connectivity index (χ0) is 13.7. The summed E-state index contributed by atoms with van der Waals surface area (Å²) in [7, 11) is 0. The van der Waals surface area contributed by atoms with Crippen LogP contribution in [0.15, 0.2) is 24.3 Å². The molecule has 1 fully saturated rings. The number of hydrogen-bond acceptors (Lipinski definition) is 2. The molecular weight excluding hydrogens is 256 g/mol. The number of rotatable bonds is 5. The van der Waals surface area contributed by atoms with Crippen molar-refractivity contribution in [3.8, 4) is 0 Å². The van der Waals surface area contributed by atoms with Crippen LogP contribution < -0.4 is 11.3 Å². The van der Waals surface area contributed by atoms with Crippen molar-refractivity contribution in [2.75, 3.05) is 0 Å². The average Bonchev–Trinajstić information content (AvgIpc) is 2.44. The van der Waals surface area contributed by atoms with Gasteiger partial charge < -0.3 is 0 Å². The minimum absolute atomic E-state index is 0.191. The second kappa shape index (κ2) is 7.28. The van der Waals surface area contributed by atoms with Crippen LogP contribution in [-0.2, 0) is 0 Å². The number of nitrogens with two attached hydrogens (primary N) is 1. The van der Waals surface area contributed by atoms with Crippen molar-refractivity contribution in [2.45, 2.75) is 51.5 Å². The van der Waals surface area contributed by atoms with Crippen LogP contribution in [0.5, 0.6) is 0 Å². The molecule has 1 aromatic carbocycles. The molecule has 2 nitrogen and oxygen atoms in total. The van der Waals surface area contributed by atoms with Crippen molar-refractivity contribution in [2.24, 2.45) is 17.7 Å². The highest BCUT2D eigenvalue weighted by Crippen LogP contribution is 2.39. The highest BCUT2D eigenvalue weighted by molar-refractivity contribution is 6.31. The van der Waals surface area contributed by atoms with Gasteiger partial charge >= 0.3 is 0 Å². The van der Waals surface area contributed by atoms with E-state index in [4.69, 9.17) is 17.4 Å². The number of nitrogens with one attached hydrogen (secondary N) is 1. The second-order valence-electron chi connectivity index (χ2n) is 5.74. The molecule has 1 aromatic rings. The molecule has 0 saturated heterocycles. The van der Waals surface area contributed by atoms with E-state index in [-0.39, 0.29) is 6.04 Å². The third-order valence-corrected chi connectivity index (χ3v) is 4.82. The van der Waals surface area contributed by atoms with Crippen LogP contribution in [0.25, 0.3) is 0 Å². The summed E-state index contributed by atoms with van der Waals surface area (Å²) in [5, 5.41) is 0.820. The van der Waals surface area contributed by atoms with E-state index in [1.165, 1.54) is 38.5 Å². The number of halogens is 1. The van der Waals surface area contributed by atoms with Crippen LogP contribution in [0.2, 0.25) is 5.02 Å². The Morgan fingerprint density at radius 2 is 1.95 bits per heavy atom. The SMILES string of the molecule is CCCC1CCC(C(NN)c2ccccc2Cl)CC1. The number of benzene rings is 1. The van der Waals surface area contributed by atoms with E-state index in [0.717, 1.165) is 16.5 Å². The Labute approximate surface area is 121 Å². The maximum absolute atomic E-state index is 6.30. The summed E-state index contributed by atoms with van der Waals surface area (Å²) in [5.41, 5.74) is 4.14. The summed E-state index contributed by atoms with van der Waals surface area (Å²) >= 11 is 6.30. The summed E-state index contributed by atoms with van der Waals surface area (Å²) in [6, 6.07) is 8.23. The Morgan fingerprint density at radius 3 is 2.53 bits per heavy atom. The van der Waals surface area contributed by atoms with Gasteiger partial charge in [0.2, 0.25) is 0 Å². The quantitative estimate of drug-likeness (QED) is 0.618. The molecule has 0 bridgehead atoms. The lowest BCUT2D eigenvalue weighted by atomic mass is 9.75. The summed E-state index contributed by atoms with van der Waals surface area (Å²) < 4.78 is 0. The van der Waals surface area contributed by atoms with Crippen molar-refractivity contribution in [3.05, 3.63) is 34.9 Å². The first-order chi connectivity index (χ1) is 9.26. The van der Waals surface area contributed by atoms with Crippen LogP contribution in [0.3, 0.4) is 0 Å². The lowest BCUT2D eigenvalue weighted by Crippen LogP contribution is -2.35. The Hall–Kier alpha value is -0.570. The van der Waals surface area contributed by atoms with Crippen molar-refractivity contribution < 1.29 is 0 Å². The molecule has 0 spiro atoms. The Bertz CT molecular complexity index is 386. The van der Waals surface area contributed by atoms with Crippen molar-refractivity contribution in [1.29, 1.82) is 0 Å². The monoisotopic (exact) mass is 280 g/mol. The van der Waals surface area contributed by atoms with E-state index in [1.807, 2.05) is 18.2 Å². The molecule has 19 heavy (non-hydrogen) atoms. The molecule has 1 atom stereocenters. The predicted octanol–water partition coefficient (Wildman–Crippen LogP) is 4.45. The van der Waals surface area contributed by atoms with Gasteiger partial charge in [-0.25, -0.2) is 0 Å². The lowest BCUT2D eigenvalue weighted by Gasteiger charge is -2.34. The van der Waals surface area contributed by atoms with Crippen LogP contribution in [0.1, 0.15) is 57.1 Å². The summed E-state index contributed by atoms with van der Waals surface area (Å²) in [5.74, 6) is 7.32. The topological polar surface area (TPSA) is 38.0 Å². The molecule has 1 saturated carbocycles. The molecule has 0 heterocycles. The molecule has 0 amide bonds. The largest absolute Gasteiger partial charge is 0.271 e. The fourth-order valence-electron chi connectivity index (χ4n) is 3.43. The van der Waals surface area contributed by atoms with Gasteiger partial charge in [0.25, 0.3) is 0 Å². The summed E-state index contributed by atoms with van der Waals surface area (Å²) in [6.45, 7) is 2.28. The molecule has 3 N–H and O–H groups in total. The van der Waals surface area contributed by atoms with E-state index in [0.29, 0.717) is 5.92 Å². The van der Waals surface area contributed by atoms with E-state index < -0.39 is 0 Å². The molecule has 106 valence electrons. The fourth-order valence-corrected chi connectivity index (χ4v) is 3.68. The van der Waals surface area contributed by atoms with Gasteiger partial charge in [0, 0.05) is 5.02 Å². The molecule has 2 rings (SSSR count). The van der Waals surface area contributed by atoms with Crippen LogP contribution >= 0.6 is 11.6 Å². The van der Waals surface area contributed by atoms with E-state index >= 15 is 0 Å². The highest BCUT2D eigenvalue weighted by atomic mass is 35.5. The van der Waals surface area contributed by atoms with Gasteiger partial charge in [-0.1, -0.05) is 62.4 Å². The first-order valence-electron chi connectivity index (χ1n) is 7.46. The van der Waals surface area contributed by atoms with Gasteiger partial charge in [-0.2, -0.15) is 0 Å². The Kier molecular flexibility index (Phi) is 5.68. The summed E-state index contributed by atoms with van der Waals surface area (Å²) in [4.78, 5) is 0. The van der Waals surface area contributed by atoms with E-state index in [2.05, 4.69) is 18.4 Å². The third kappa shape index (κ3) is 3.71. The van der Waals surface area contributed by atoms with Crippen molar-refractivity contribution in [1.82, 2.24) is 5.43 Å². The van der Waals surface area contributed by atoms with Crippen molar-refractivity contribution >= 4 is 11.6 Å². The standard InChI is InChI=1S/C16H25ClN2/c1-2-5-12-8-10-13(11-9-12)16(19-18)14-6-3-4-7-15(14)17/h3-4,6-7,12-13,16,19H,2,5,8-11,18H2,1H3. The van der Waals surface area contributed by atoms with Crippen LogP contribution in [0.4, 0.5) is 0 Å². The molecule has 0 aromatic heterocycles. The van der Waals surface area contributed by atoms with Crippen LogP contribution in [0, 0.1) is 11.8 Å². The Morgan fingerprint density at radius 1 is 1.26 bits per heavy atom.